The van der Waals surface area contributed by atoms with E-state index in [1.54, 1.807) is 0 Å². The fourth-order valence-electron chi connectivity index (χ4n) is 2.98. The Morgan fingerprint density at radius 3 is 2.90 bits per heavy atom. The Hall–Kier alpha value is -0.730. The van der Waals surface area contributed by atoms with E-state index in [1.807, 2.05) is 0 Å². The molecule has 1 aliphatic heterocycles. The van der Waals surface area contributed by atoms with E-state index in [0.717, 1.165) is 43.3 Å². The van der Waals surface area contributed by atoms with Crippen molar-refractivity contribution in [3.05, 3.63) is 28.3 Å². The summed E-state index contributed by atoms with van der Waals surface area (Å²) in [5.74, 6) is 1.77. The summed E-state index contributed by atoms with van der Waals surface area (Å²) in [4.78, 5) is 0. The summed E-state index contributed by atoms with van der Waals surface area (Å²) < 4.78 is 5.81. The van der Waals surface area contributed by atoms with Crippen LogP contribution in [0, 0.1) is 5.92 Å². The molecule has 1 atom stereocenters. The van der Waals surface area contributed by atoms with E-state index in [1.165, 1.54) is 30.4 Å². The van der Waals surface area contributed by atoms with Gasteiger partial charge in [0.15, 0.2) is 0 Å². The summed E-state index contributed by atoms with van der Waals surface area (Å²) in [5, 5.41) is 4.40. The van der Waals surface area contributed by atoms with E-state index < -0.39 is 0 Å². The molecule has 3 heteroatoms. The minimum Gasteiger partial charge on any atom is -0.493 e. The number of nitrogens with one attached hydrogen (secondary N) is 1. The fourth-order valence-corrected chi connectivity index (χ4v) is 3.24. The quantitative estimate of drug-likeness (QED) is 0.725. The molecule has 0 saturated heterocycles. The maximum atomic E-state index is 6.24. The number of hydrogen-bond donors (Lipinski definition) is 1. The number of hydrogen-bond acceptors (Lipinski definition) is 2. The van der Waals surface area contributed by atoms with Gasteiger partial charge in [-0.3, -0.25) is 0 Å². The minimum absolute atomic E-state index is 0.665. The monoisotopic (exact) mass is 295 g/mol. The zero-order valence-electron chi connectivity index (χ0n) is 12.7. The van der Waals surface area contributed by atoms with Gasteiger partial charge in [0.2, 0.25) is 0 Å². The third kappa shape index (κ3) is 4.13. The molecule has 1 heterocycles. The van der Waals surface area contributed by atoms with Crippen LogP contribution in [0.4, 0.5) is 0 Å². The van der Waals surface area contributed by atoms with E-state index in [9.17, 15) is 0 Å². The van der Waals surface area contributed by atoms with Crippen molar-refractivity contribution in [3.63, 3.8) is 0 Å². The topological polar surface area (TPSA) is 21.3 Å². The molecular weight excluding hydrogens is 270 g/mol. The van der Waals surface area contributed by atoms with Gasteiger partial charge in [-0.05, 0) is 61.5 Å². The first-order valence-corrected chi connectivity index (χ1v) is 8.27. The molecule has 0 aliphatic carbocycles. The molecule has 1 aromatic rings. The van der Waals surface area contributed by atoms with Crippen LogP contribution in [-0.2, 0) is 12.8 Å². The average Bonchev–Trinajstić information content (AvgIpc) is 2.87. The lowest BCUT2D eigenvalue weighted by molar-refractivity contribution is 0.348. The second-order valence-electron chi connectivity index (χ2n) is 5.71. The SMILES string of the molecule is CCCNCC(CCC)Cc1cc(Cl)cc2c1OCC2. The van der Waals surface area contributed by atoms with Crippen LogP contribution in [-0.4, -0.2) is 19.7 Å². The Labute approximate surface area is 127 Å². The van der Waals surface area contributed by atoms with Crippen molar-refractivity contribution < 1.29 is 4.74 Å². The Morgan fingerprint density at radius 1 is 1.30 bits per heavy atom. The summed E-state index contributed by atoms with van der Waals surface area (Å²) in [6.45, 7) is 7.45. The molecule has 0 saturated carbocycles. The zero-order valence-corrected chi connectivity index (χ0v) is 13.4. The molecule has 2 nitrogen and oxygen atoms in total. The van der Waals surface area contributed by atoms with Gasteiger partial charge in [0.25, 0.3) is 0 Å². The summed E-state index contributed by atoms with van der Waals surface area (Å²) >= 11 is 6.24. The molecule has 20 heavy (non-hydrogen) atoms. The van der Waals surface area contributed by atoms with E-state index in [2.05, 4.69) is 31.3 Å². The highest BCUT2D eigenvalue weighted by molar-refractivity contribution is 6.30. The molecule has 1 aliphatic rings. The smallest absolute Gasteiger partial charge is 0.125 e. The molecule has 2 rings (SSSR count). The first-order chi connectivity index (χ1) is 9.74. The molecule has 0 fully saturated rings. The minimum atomic E-state index is 0.665. The molecule has 1 unspecified atom stereocenters. The van der Waals surface area contributed by atoms with Gasteiger partial charge >= 0.3 is 0 Å². The highest BCUT2D eigenvalue weighted by Gasteiger charge is 2.20. The molecule has 1 N–H and O–H groups in total. The number of benzene rings is 1. The lowest BCUT2D eigenvalue weighted by Gasteiger charge is -2.18. The van der Waals surface area contributed by atoms with Gasteiger partial charge in [-0.1, -0.05) is 31.9 Å². The molecular formula is C17H26ClNO. The summed E-state index contributed by atoms with van der Waals surface area (Å²) in [6, 6.07) is 4.14. The van der Waals surface area contributed by atoms with Crippen LogP contribution in [0.1, 0.15) is 44.2 Å². The van der Waals surface area contributed by atoms with Crippen LogP contribution in [0.25, 0.3) is 0 Å². The predicted octanol–water partition coefficient (Wildman–Crippen LogP) is 4.23. The second-order valence-corrected chi connectivity index (χ2v) is 6.15. The van der Waals surface area contributed by atoms with E-state index in [-0.39, 0.29) is 0 Å². The number of ether oxygens (including phenoxy) is 1. The predicted molar refractivity (Wildman–Crippen MR) is 85.9 cm³/mol. The van der Waals surface area contributed by atoms with Crippen LogP contribution in [0.2, 0.25) is 5.02 Å². The van der Waals surface area contributed by atoms with Crippen LogP contribution >= 0.6 is 11.6 Å². The molecule has 0 bridgehead atoms. The van der Waals surface area contributed by atoms with E-state index in [4.69, 9.17) is 16.3 Å². The van der Waals surface area contributed by atoms with Gasteiger partial charge in [-0.15, -0.1) is 0 Å². The van der Waals surface area contributed by atoms with Gasteiger partial charge in [0, 0.05) is 11.4 Å². The van der Waals surface area contributed by atoms with E-state index in [0.29, 0.717) is 5.92 Å². The Kier molecular flexibility index (Phi) is 6.18. The summed E-state index contributed by atoms with van der Waals surface area (Å²) in [7, 11) is 0. The molecule has 112 valence electrons. The Balaban J connectivity index is 2.06. The number of halogens is 1. The van der Waals surface area contributed by atoms with Crippen molar-refractivity contribution in [3.8, 4) is 5.75 Å². The van der Waals surface area contributed by atoms with Gasteiger partial charge in [-0.25, -0.2) is 0 Å². The van der Waals surface area contributed by atoms with Crippen LogP contribution in [0.15, 0.2) is 12.1 Å². The fraction of sp³-hybridized carbons (Fsp3) is 0.647. The maximum absolute atomic E-state index is 6.24. The Morgan fingerprint density at radius 2 is 2.15 bits per heavy atom. The van der Waals surface area contributed by atoms with Crippen molar-refractivity contribution in [2.75, 3.05) is 19.7 Å². The van der Waals surface area contributed by atoms with Crippen molar-refractivity contribution in [1.82, 2.24) is 5.32 Å². The first-order valence-electron chi connectivity index (χ1n) is 7.89. The third-order valence-electron chi connectivity index (χ3n) is 3.89. The third-order valence-corrected chi connectivity index (χ3v) is 4.11. The number of rotatable bonds is 8. The largest absolute Gasteiger partial charge is 0.493 e. The first kappa shape index (κ1) is 15.7. The van der Waals surface area contributed by atoms with Crippen LogP contribution < -0.4 is 10.1 Å². The lowest BCUT2D eigenvalue weighted by atomic mass is 9.93. The highest BCUT2D eigenvalue weighted by atomic mass is 35.5. The normalized spacial score (nSPS) is 14.9. The van der Waals surface area contributed by atoms with Gasteiger partial charge in [-0.2, -0.15) is 0 Å². The van der Waals surface area contributed by atoms with Crippen LogP contribution in [0.5, 0.6) is 5.75 Å². The van der Waals surface area contributed by atoms with Crippen molar-refractivity contribution in [2.45, 2.75) is 46.0 Å². The maximum Gasteiger partial charge on any atom is 0.125 e. The van der Waals surface area contributed by atoms with Crippen molar-refractivity contribution in [2.24, 2.45) is 5.92 Å². The lowest BCUT2D eigenvalue weighted by Crippen LogP contribution is -2.25. The molecule has 0 radical (unpaired) electrons. The van der Waals surface area contributed by atoms with Gasteiger partial charge < -0.3 is 10.1 Å². The Bertz CT molecular complexity index is 433. The van der Waals surface area contributed by atoms with Crippen molar-refractivity contribution in [1.29, 1.82) is 0 Å². The molecule has 1 aromatic carbocycles. The van der Waals surface area contributed by atoms with Crippen LogP contribution in [0.3, 0.4) is 0 Å². The summed E-state index contributed by atoms with van der Waals surface area (Å²) in [6.07, 6.45) is 5.72. The molecule has 0 aromatic heterocycles. The van der Waals surface area contributed by atoms with Crippen molar-refractivity contribution >= 4 is 11.6 Å². The van der Waals surface area contributed by atoms with E-state index >= 15 is 0 Å². The summed E-state index contributed by atoms with van der Waals surface area (Å²) in [5.41, 5.74) is 2.58. The average molecular weight is 296 g/mol. The highest BCUT2D eigenvalue weighted by Crippen LogP contribution is 2.34. The molecule has 0 amide bonds. The number of fused-ring (bicyclic) bond motifs is 1. The van der Waals surface area contributed by atoms with Gasteiger partial charge in [0.05, 0.1) is 6.61 Å². The second kappa shape index (κ2) is 7.90. The zero-order chi connectivity index (χ0) is 14.4. The molecule has 0 spiro atoms. The standard InChI is InChI=1S/C17H26ClNO/c1-3-5-13(12-19-7-4-2)9-15-11-16(18)10-14-6-8-20-17(14)15/h10-11,13,19H,3-9,12H2,1-2H3. The van der Waals surface area contributed by atoms with Gasteiger partial charge in [0.1, 0.15) is 5.75 Å².